The van der Waals surface area contributed by atoms with E-state index >= 15 is 0 Å². The van der Waals surface area contributed by atoms with Gasteiger partial charge in [-0.3, -0.25) is 9.78 Å². The van der Waals surface area contributed by atoms with Gasteiger partial charge >= 0.3 is 0 Å². The van der Waals surface area contributed by atoms with Crippen molar-refractivity contribution < 1.29 is 9.53 Å². The summed E-state index contributed by atoms with van der Waals surface area (Å²) in [5.41, 5.74) is 0.979. The van der Waals surface area contributed by atoms with Crippen molar-refractivity contribution >= 4 is 5.78 Å². The zero-order valence-corrected chi connectivity index (χ0v) is 9.27. The van der Waals surface area contributed by atoms with Gasteiger partial charge < -0.3 is 4.74 Å². The lowest BCUT2D eigenvalue weighted by Gasteiger charge is -2.08. The Hall–Kier alpha value is -1.22. The van der Waals surface area contributed by atoms with Crippen LogP contribution < -0.4 is 0 Å². The maximum Gasteiger partial charge on any atom is 0.137 e. The summed E-state index contributed by atoms with van der Waals surface area (Å²) in [4.78, 5) is 15.6. The Balaban J connectivity index is 2.36. The first kappa shape index (κ1) is 11.9. The van der Waals surface area contributed by atoms with Gasteiger partial charge in [0.15, 0.2) is 0 Å². The fourth-order valence-corrected chi connectivity index (χ4v) is 1.53. The predicted molar refractivity (Wildman–Crippen MR) is 58.6 cm³/mol. The maximum absolute atomic E-state index is 11.6. The number of hydrogen-bond donors (Lipinski definition) is 0. The van der Waals surface area contributed by atoms with Crippen LogP contribution in [0.5, 0.6) is 0 Å². The molecule has 1 unspecified atom stereocenters. The van der Waals surface area contributed by atoms with Crippen LogP contribution >= 0.6 is 0 Å². The lowest BCUT2D eigenvalue weighted by molar-refractivity contribution is -0.119. The monoisotopic (exact) mass is 207 g/mol. The molecular formula is C12H17NO2. The second-order valence-corrected chi connectivity index (χ2v) is 3.84. The van der Waals surface area contributed by atoms with Crippen LogP contribution in [-0.2, 0) is 16.0 Å². The van der Waals surface area contributed by atoms with E-state index < -0.39 is 0 Å². The van der Waals surface area contributed by atoms with Gasteiger partial charge in [-0.15, -0.1) is 0 Å². The van der Waals surface area contributed by atoms with Crippen molar-refractivity contribution in [3.63, 3.8) is 0 Å². The van der Waals surface area contributed by atoms with Crippen LogP contribution in [0.3, 0.4) is 0 Å². The molecule has 1 heterocycles. The van der Waals surface area contributed by atoms with Gasteiger partial charge in [0, 0.05) is 39.0 Å². The number of Topliss-reactive ketones (excluding diaryl/α,β-unsaturated/α-hetero) is 1. The van der Waals surface area contributed by atoms with Crippen LogP contribution in [0.25, 0.3) is 0 Å². The molecule has 0 bridgehead atoms. The maximum atomic E-state index is 11.6. The van der Waals surface area contributed by atoms with Gasteiger partial charge in [-0.2, -0.15) is 0 Å². The largest absolute Gasteiger partial charge is 0.384 e. The molecular weight excluding hydrogens is 190 g/mol. The average molecular weight is 207 g/mol. The third kappa shape index (κ3) is 4.70. The number of nitrogens with zero attached hydrogens (tertiary/aromatic N) is 1. The van der Waals surface area contributed by atoms with Gasteiger partial charge in [0.1, 0.15) is 5.78 Å². The first-order chi connectivity index (χ1) is 7.22. The molecule has 0 radical (unpaired) electrons. The zero-order chi connectivity index (χ0) is 11.1. The minimum Gasteiger partial charge on any atom is -0.384 e. The van der Waals surface area contributed by atoms with Crippen LogP contribution in [0.2, 0.25) is 0 Å². The summed E-state index contributed by atoms with van der Waals surface area (Å²) in [6.07, 6.45) is 4.49. The molecule has 0 amide bonds. The van der Waals surface area contributed by atoms with Crippen molar-refractivity contribution in [2.45, 2.75) is 19.8 Å². The quantitative estimate of drug-likeness (QED) is 0.714. The highest BCUT2D eigenvalue weighted by Crippen LogP contribution is 2.06. The van der Waals surface area contributed by atoms with Crippen molar-refractivity contribution in [2.24, 2.45) is 5.92 Å². The molecule has 0 N–H and O–H groups in total. The molecule has 1 aromatic rings. The average Bonchev–Trinajstić information content (AvgIpc) is 2.19. The van der Waals surface area contributed by atoms with Crippen molar-refractivity contribution in [1.29, 1.82) is 0 Å². The second-order valence-electron chi connectivity index (χ2n) is 3.84. The SMILES string of the molecule is COCC(C)CC(=O)Cc1cccnc1. The summed E-state index contributed by atoms with van der Waals surface area (Å²) >= 11 is 0. The zero-order valence-electron chi connectivity index (χ0n) is 9.27. The molecule has 0 saturated carbocycles. The number of hydrogen-bond acceptors (Lipinski definition) is 3. The first-order valence-corrected chi connectivity index (χ1v) is 5.12. The van der Waals surface area contributed by atoms with Gasteiger partial charge in [-0.05, 0) is 17.5 Å². The molecule has 0 aliphatic rings. The van der Waals surface area contributed by atoms with Gasteiger partial charge in [0.05, 0.1) is 0 Å². The number of carbonyl (C=O) groups is 1. The van der Waals surface area contributed by atoms with Crippen molar-refractivity contribution in [3.05, 3.63) is 30.1 Å². The Labute approximate surface area is 90.5 Å². The molecule has 0 saturated heterocycles. The number of ether oxygens (including phenoxy) is 1. The van der Waals surface area contributed by atoms with E-state index in [1.807, 2.05) is 19.1 Å². The van der Waals surface area contributed by atoms with Crippen LogP contribution in [0.1, 0.15) is 18.9 Å². The molecule has 1 atom stereocenters. The molecule has 15 heavy (non-hydrogen) atoms. The number of pyridine rings is 1. The fraction of sp³-hybridized carbons (Fsp3) is 0.500. The normalized spacial score (nSPS) is 12.4. The third-order valence-corrected chi connectivity index (χ3v) is 2.15. The number of rotatable bonds is 6. The fourth-order valence-electron chi connectivity index (χ4n) is 1.53. The Bertz CT molecular complexity index is 298. The van der Waals surface area contributed by atoms with Crippen molar-refractivity contribution in [1.82, 2.24) is 4.98 Å². The van der Waals surface area contributed by atoms with Crippen LogP contribution in [0.4, 0.5) is 0 Å². The Kier molecular flexibility index (Phi) is 4.98. The summed E-state index contributed by atoms with van der Waals surface area (Å²) in [5, 5.41) is 0. The van der Waals surface area contributed by atoms with Crippen LogP contribution in [-0.4, -0.2) is 24.5 Å². The number of carbonyl (C=O) groups excluding carboxylic acids is 1. The van der Waals surface area contributed by atoms with E-state index in [1.165, 1.54) is 0 Å². The van der Waals surface area contributed by atoms with E-state index in [4.69, 9.17) is 4.74 Å². The lowest BCUT2D eigenvalue weighted by atomic mass is 10.0. The molecule has 0 aliphatic heterocycles. The highest BCUT2D eigenvalue weighted by molar-refractivity contribution is 5.80. The van der Waals surface area contributed by atoms with E-state index in [-0.39, 0.29) is 5.78 Å². The number of ketones is 1. The molecule has 82 valence electrons. The van der Waals surface area contributed by atoms with Crippen molar-refractivity contribution in [3.8, 4) is 0 Å². The third-order valence-electron chi connectivity index (χ3n) is 2.15. The van der Waals surface area contributed by atoms with E-state index in [1.54, 1.807) is 19.5 Å². The van der Waals surface area contributed by atoms with Gasteiger partial charge in [-0.1, -0.05) is 13.0 Å². The Morgan fingerprint density at radius 2 is 2.40 bits per heavy atom. The first-order valence-electron chi connectivity index (χ1n) is 5.12. The molecule has 0 aliphatic carbocycles. The molecule has 1 aromatic heterocycles. The van der Waals surface area contributed by atoms with Gasteiger partial charge in [0.25, 0.3) is 0 Å². The minimum absolute atomic E-state index is 0.243. The predicted octanol–water partition coefficient (Wildman–Crippen LogP) is 1.87. The summed E-state index contributed by atoms with van der Waals surface area (Å²) in [7, 11) is 1.65. The van der Waals surface area contributed by atoms with E-state index in [2.05, 4.69) is 4.98 Å². The molecule has 3 heteroatoms. The van der Waals surface area contributed by atoms with Crippen molar-refractivity contribution in [2.75, 3.05) is 13.7 Å². The van der Waals surface area contributed by atoms with Gasteiger partial charge in [0.2, 0.25) is 0 Å². The molecule has 1 rings (SSSR count). The molecule has 0 aromatic carbocycles. The Morgan fingerprint density at radius 3 is 3.00 bits per heavy atom. The van der Waals surface area contributed by atoms with Crippen LogP contribution in [0, 0.1) is 5.92 Å². The summed E-state index contributed by atoms with van der Waals surface area (Å²) in [6.45, 7) is 2.66. The summed E-state index contributed by atoms with van der Waals surface area (Å²) < 4.78 is 4.99. The number of aromatic nitrogens is 1. The highest BCUT2D eigenvalue weighted by atomic mass is 16.5. The number of methoxy groups -OCH3 is 1. The van der Waals surface area contributed by atoms with Crippen LogP contribution in [0.15, 0.2) is 24.5 Å². The standard InChI is InChI=1S/C12H17NO2/c1-10(9-15-2)6-12(14)7-11-4-3-5-13-8-11/h3-5,8,10H,6-7,9H2,1-2H3. The topological polar surface area (TPSA) is 39.2 Å². The van der Waals surface area contributed by atoms with E-state index in [9.17, 15) is 4.79 Å². The smallest absolute Gasteiger partial charge is 0.137 e. The summed E-state index contributed by atoms with van der Waals surface area (Å²) in [6, 6.07) is 3.77. The minimum atomic E-state index is 0.243. The molecule has 3 nitrogen and oxygen atoms in total. The second kappa shape index (κ2) is 6.30. The Morgan fingerprint density at radius 1 is 1.60 bits per heavy atom. The van der Waals surface area contributed by atoms with Gasteiger partial charge in [-0.25, -0.2) is 0 Å². The molecule has 0 fully saturated rings. The molecule has 0 spiro atoms. The van der Waals surface area contributed by atoms with E-state index in [0.29, 0.717) is 25.4 Å². The van der Waals surface area contributed by atoms with E-state index in [0.717, 1.165) is 5.56 Å². The highest BCUT2D eigenvalue weighted by Gasteiger charge is 2.09. The summed E-state index contributed by atoms with van der Waals surface area (Å²) in [5.74, 6) is 0.534. The lowest BCUT2D eigenvalue weighted by Crippen LogP contribution is -2.12.